The van der Waals surface area contributed by atoms with Crippen molar-refractivity contribution < 1.29 is 29.6 Å². The van der Waals surface area contributed by atoms with Crippen molar-refractivity contribution in [3.8, 4) is 23.3 Å². The maximum atomic E-state index is 12.2. The first-order chi connectivity index (χ1) is 21.1. The van der Waals surface area contributed by atoms with Gasteiger partial charge in [0.25, 0.3) is 0 Å². The molecule has 4 rings (SSSR count). The number of nitrogens with zero attached hydrogens (tertiary/aromatic N) is 1. The summed E-state index contributed by atoms with van der Waals surface area (Å²) in [6.45, 7) is 5.68. The molecule has 10 heteroatoms. The number of aliphatic hydroxyl groups is 2. The van der Waals surface area contributed by atoms with Gasteiger partial charge in [0.05, 0.1) is 18.1 Å². The van der Waals surface area contributed by atoms with Crippen LogP contribution in [0.5, 0.6) is 11.5 Å². The molecule has 0 aromatic heterocycles. The van der Waals surface area contributed by atoms with Gasteiger partial charge in [0.1, 0.15) is 12.2 Å². The van der Waals surface area contributed by atoms with Gasteiger partial charge in [0.15, 0.2) is 17.5 Å². The molecule has 1 heterocycles. The lowest BCUT2D eigenvalue weighted by Crippen LogP contribution is -2.49. The summed E-state index contributed by atoms with van der Waals surface area (Å²) in [4.78, 5) is 16.3. The summed E-state index contributed by atoms with van der Waals surface area (Å²) < 4.78 is 12.0. The second-order valence-electron chi connectivity index (χ2n) is 13.2. The van der Waals surface area contributed by atoms with Gasteiger partial charge >= 0.3 is 5.97 Å². The molecule has 7 N–H and O–H groups in total. The zero-order valence-corrected chi connectivity index (χ0v) is 26.7. The molecule has 244 valence electrons. The Kier molecular flexibility index (Phi) is 11.8. The summed E-state index contributed by atoms with van der Waals surface area (Å²) >= 11 is 0. The Morgan fingerprint density at radius 3 is 2.57 bits per heavy atom. The number of rotatable bonds is 9. The zero-order chi connectivity index (χ0) is 31.7. The molecule has 2 fully saturated rings. The number of guanidine groups is 1. The number of aromatic hydroxyl groups is 1. The van der Waals surface area contributed by atoms with Crippen molar-refractivity contribution in [2.24, 2.45) is 27.5 Å². The molecule has 10 nitrogen and oxygen atoms in total. The number of carbonyl (C=O) groups excluding carboxylic acids is 1. The van der Waals surface area contributed by atoms with Gasteiger partial charge in [-0.2, -0.15) is 0 Å². The molecule has 4 atom stereocenters. The summed E-state index contributed by atoms with van der Waals surface area (Å²) in [6, 6.07) is 3.36. The minimum atomic E-state index is -0.695. The van der Waals surface area contributed by atoms with Crippen molar-refractivity contribution in [3.63, 3.8) is 0 Å². The highest BCUT2D eigenvalue weighted by molar-refractivity contribution is 5.77. The lowest BCUT2D eigenvalue weighted by atomic mass is 9.60. The van der Waals surface area contributed by atoms with E-state index in [2.05, 4.69) is 34.4 Å². The number of hydrogen-bond acceptors (Lipinski definition) is 8. The van der Waals surface area contributed by atoms with Crippen molar-refractivity contribution in [1.82, 2.24) is 10.6 Å². The number of nitrogens with one attached hydrogen (secondary N) is 2. The number of piperidine rings is 1. The van der Waals surface area contributed by atoms with Crippen molar-refractivity contribution in [2.45, 2.75) is 109 Å². The number of phenolic OH excluding ortho intramolecular Hbond substituents is 1. The maximum Gasteiger partial charge on any atom is 0.302 e. The van der Waals surface area contributed by atoms with Crippen LogP contribution in [-0.4, -0.2) is 72.2 Å². The van der Waals surface area contributed by atoms with Crippen LogP contribution in [0.4, 0.5) is 0 Å². The van der Waals surface area contributed by atoms with E-state index >= 15 is 0 Å². The average molecular weight is 613 g/mol. The molecule has 44 heavy (non-hydrogen) atoms. The first kappa shape index (κ1) is 33.9. The quantitative estimate of drug-likeness (QED) is 0.107. The predicted octanol–water partition coefficient (Wildman–Crippen LogP) is 3.14. The number of aliphatic imine (C=N–C) groups is 1. The summed E-state index contributed by atoms with van der Waals surface area (Å²) in [5, 5.41) is 38.9. The highest BCUT2D eigenvalue weighted by Crippen LogP contribution is 2.53. The fourth-order valence-electron chi connectivity index (χ4n) is 7.31. The molecule has 4 unspecified atom stereocenters. The van der Waals surface area contributed by atoms with Crippen LogP contribution in [-0.2, 0) is 22.6 Å². The number of ether oxygens (including phenoxy) is 2. The highest BCUT2D eigenvalue weighted by Gasteiger charge is 2.49. The molecule has 0 bridgehead atoms. The molecular formula is C34H52N4O6. The van der Waals surface area contributed by atoms with E-state index in [4.69, 9.17) is 15.2 Å². The second kappa shape index (κ2) is 15.3. The van der Waals surface area contributed by atoms with Gasteiger partial charge in [0, 0.05) is 39.3 Å². The van der Waals surface area contributed by atoms with E-state index in [1.54, 1.807) is 19.2 Å². The maximum absolute atomic E-state index is 12.2. The standard InChI is InChI=1S/C34H52N4O6/c1-23(40)43-30-20-27(41)8-14-34(22-38-32(35)36-3,33(2)11-4-5-12-33)13-6-7-24(30)17-25-19-31(29(42)18-26(25)21-39)44-28-9-15-37-16-10-28/h18-19,24,27-28,30,37,39,41-42H,4-5,7-12,14-17,20-22H2,1-3H3,(H3,35,36,38). The van der Waals surface area contributed by atoms with E-state index < -0.39 is 23.6 Å². The van der Waals surface area contributed by atoms with Crippen molar-refractivity contribution in [3.05, 3.63) is 23.3 Å². The van der Waals surface area contributed by atoms with Crippen LogP contribution < -0.4 is 21.1 Å². The molecule has 0 spiro atoms. The van der Waals surface area contributed by atoms with E-state index in [-0.39, 0.29) is 36.2 Å². The Morgan fingerprint density at radius 1 is 1.18 bits per heavy atom. The molecule has 1 saturated heterocycles. The van der Waals surface area contributed by atoms with Gasteiger partial charge in [0.2, 0.25) is 0 Å². The van der Waals surface area contributed by atoms with Crippen molar-refractivity contribution in [2.75, 3.05) is 26.7 Å². The number of hydrogen-bond donors (Lipinski definition) is 6. The van der Waals surface area contributed by atoms with Crippen LogP contribution in [0.15, 0.2) is 17.1 Å². The molecule has 2 aliphatic carbocycles. The van der Waals surface area contributed by atoms with Crippen LogP contribution in [0.2, 0.25) is 0 Å². The lowest BCUT2D eigenvalue weighted by Gasteiger charge is -2.45. The fourth-order valence-corrected chi connectivity index (χ4v) is 7.31. The summed E-state index contributed by atoms with van der Waals surface area (Å²) in [6.07, 6.45) is 7.13. The normalized spacial score (nSPS) is 28.0. The van der Waals surface area contributed by atoms with E-state index in [9.17, 15) is 20.1 Å². The van der Waals surface area contributed by atoms with E-state index in [0.29, 0.717) is 49.5 Å². The fraction of sp³-hybridized carbons (Fsp3) is 0.706. The van der Waals surface area contributed by atoms with Gasteiger partial charge in [-0.15, -0.1) is 5.92 Å². The Hall–Kier alpha value is -3.00. The minimum Gasteiger partial charge on any atom is -0.504 e. The summed E-state index contributed by atoms with van der Waals surface area (Å²) in [7, 11) is 1.65. The topological polar surface area (TPSA) is 159 Å². The van der Waals surface area contributed by atoms with Crippen LogP contribution in [0.3, 0.4) is 0 Å². The van der Waals surface area contributed by atoms with E-state index in [0.717, 1.165) is 57.2 Å². The van der Waals surface area contributed by atoms with Crippen LogP contribution in [0.1, 0.15) is 89.2 Å². The number of aliphatic hydroxyl groups excluding tert-OH is 2. The first-order valence-electron chi connectivity index (χ1n) is 16.2. The number of phenols is 1. The second-order valence-corrected chi connectivity index (χ2v) is 13.2. The molecule has 1 aromatic rings. The van der Waals surface area contributed by atoms with Gasteiger partial charge in [-0.3, -0.25) is 9.79 Å². The van der Waals surface area contributed by atoms with E-state index in [1.165, 1.54) is 6.92 Å². The number of esters is 1. The largest absolute Gasteiger partial charge is 0.504 e. The molecule has 0 amide bonds. The van der Waals surface area contributed by atoms with Gasteiger partial charge in [-0.05, 0) is 86.7 Å². The number of carbonyl (C=O) groups is 1. The van der Waals surface area contributed by atoms with E-state index in [1.807, 2.05) is 0 Å². The van der Waals surface area contributed by atoms with Gasteiger partial charge in [-0.25, -0.2) is 0 Å². The molecule has 1 saturated carbocycles. The van der Waals surface area contributed by atoms with Gasteiger partial charge < -0.3 is 41.2 Å². The number of nitrogens with two attached hydrogens (primary N) is 1. The van der Waals surface area contributed by atoms with Crippen LogP contribution >= 0.6 is 0 Å². The third-order valence-corrected chi connectivity index (χ3v) is 10.1. The van der Waals surface area contributed by atoms with Crippen LogP contribution in [0, 0.1) is 28.6 Å². The van der Waals surface area contributed by atoms with Crippen molar-refractivity contribution >= 4 is 11.9 Å². The highest BCUT2D eigenvalue weighted by atomic mass is 16.5. The summed E-state index contributed by atoms with van der Waals surface area (Å²) in [5.41, 5.74) is 6.97. The monoisotopic (exact) mass is 612 g/mol. The summed E-state index contributed by atoms with van der Waals surface area (Å²) in [5.74, 6) is 7.27. The zero-order valence-electron chi connectivity index (χ0n) is 26.7. The third kappa shape index (κ3) is 8.38. The van der Waals surface area contributed by atoms with Crippen molar-refractivity contribution in [1.29, 1.82) is 0 Å². The van der Waals surface area contributed by atoms with Gasteiger partial charge in [-0.1, -0.05) is 25.7 Å². The smallest absolute Gasteiger partial charge is 0.302 e. The molecule has 1 aliphatic heterocycles. The third-order valence-electron chi connectivity index (χ3n) is 10.1. The Labute approximate surface area is 262 Å². The molecule has 0 radical (unpaired) electrons. The molecular weight excluding hydrogens is 560 g/mol. The Balaban J connectivity index is 1.70. The Morgan fingerprint density at radius 2 is 1.91 bits per heavy atom. The van der Waals surface area contributed by atoms with Crippen LogP contribution in [0.25, 0.3) is 0 Å². The molecule has 1 aromatic carbocycles. The average Bonchev–Trinajstić information content (AvgIpc) is 3.46. The number of benzene rings is 1. The Bertz CT molecular complexity index is 1210. The SMILES string of the molecule is CN=C(N)NCC1(C2(C)CCCC2)C#CCC(Cc2cc(OC3CCNCC3)c(O)cc2CO)C(OC(C)=O)CC(O)CC1. The molecule has 3 aliphatic rings. The first-order valence-corrected chi connectivity index (χ1v) is 16.2. The lowest BCUT2D eigenvalue weighted by molar-refractivity contribution is -0.151. The minimum absolute atomic E-state index is 0.00832. The predicted molar refractivity (Wildman–Crippen MR) is 170 cm³/mol.